The predicted octanol–water partition coefficient (Wildman–Crippen LogP) is 5.03. The Kier molecular flexibility index (Phi) is 3.41. The predicted molar refractivity (Wildman–Crippen MR) is 105 cm³/mol. The molecule has 0 radical (unpaired) electrons. The summed E-state index contributed by atoms with van der Waals surface area (Å²) in [7, 11) is 0. The van der Waals surface area contributed by atoms with Gasteiger partial charge in [0.25, 0.3) is 5.78 Å². The van der Waals surface area contributed by atoms with Gasteiger partial charge in [-0.15, -0.1) is 5.10 Å². The van der Waals surface area contributed by atoms with Gasteiger partial charge in [0.15, 0.2) is 0 Å². The number of nitrogens with one attached hydrogen (secondary N) is 1. The van der Waals surface area contributed by atoms with Crippen LogP contribution in [0.3, 0.4) is 0 Å². The van der Waals surface area contributed by atoms with Crippen LogP contribution in [0.2, 0.25) is 5.02 Å². The summed E-state index contributed by atoms with van der Waals surface area (Å²) in [6, 6.07) is 21.8. The third-order valence-electron chi connectivity index (χ3n) is 4.32. The molecule has 126 valence electrons. The van der Waals surface area contributed by atoms with Crippen molar-refractivity contribution in [2.75, 3.05) is 0 Å². The van der Waals surface area contributed by atoms with Gasteiger partial charge < -0.3 is 0 Å². The Morgan fingerprint density at radius 2 is 1.69 bits per heavy atom. The number of benzene rings is 2. The fraction of sp³-hybridized carbons (Fsp3) is 0. The van der Waals surface area contributed by atoms with Crippen molar-refractivity contribution in [2.45, 2.75) is 0 Å². The van der Waals surface area contributed by atoms with Crippen LogP contribution in [0.1, 0.15) is 0 Å². The van der Waals surface area contributed by atoms with Crippen LogP contribution < -0.4 is 0 Å². The average Bonchev–Trinajstić information content (AvgIpc) is 3.26. The number of hydrogen-bond acceptors (Lipinski definition) is 3. The Balaban J connectivity index is 1.84. The van der Waals surface area contributed by atoms with Crippen LogP contribution in [0.5, 0.6) is 0 Å². The number of fused-ring (bicyclic) bond motifs is 3. The Hall–Kier alpha value is -2.96. The third-order valence-corrected chi connectivity index (χ3v) is 4.84. The molecule has 2 aromatic carbocycles. The molecule has 1 N–H and O–H groups in total. The zero-order valence-electron chi connectivity index (χ0n) is 13.4. The molecule has 0 bridgehead atoms. The minimum Gasteiger partial charge on any atom is -0.252 e. The summed E-state index contributed by atoms with van der Waals surface area (Å²) >= 11 is 11.5. The molecule has 7 heteroatoms. The van der Waals surface area contributed by atoms with Crippen molar-refractivity contribution in [3.8, 4) is 22.5 Å². The highest BCUT2D eigenvalue weighted by Gasteiger charge is 2.14. The van der Waals surface area contributed by atoms with E-state index in [-0.39, 0.29) is 0 Å². The summed E-state index contributed by atoms with van der Waals surface area (Å²) in [5.74, 6) is 0.639. The van der Waals surface area contributed by atoms with Gasteiger partial charge in [-0.2, -0.15) is 9.61 Å². The molecule has 0 unspecified atom stereocenters. The minimum atomic E-state index is 0.517. The fourth-order valence-electron chi connectivity index (χ4n) is 3.09. The number of aromatic nitrogens is 5. The van der Waals surface area contributed by atoms with E-state index in [9.17, 15) is 0 Å². The van der Waals surface area contributed by atoms with E-state index in [4.69, 9.17) is 28.9 Å². The maximum absolute atomic E-state index is 6.03. The van der Waals surface area contributed by atoms with Gasteiger partial charge >= 0.3 is 0 Å². The molecule has 5 nitrogen and oxygen atoms in total. The highest BCUT2D eigenvalue weighted by atomic mass is 35.5. The van der Waals surface area contributed by atoms with E-state index in [1.54, 1.807) is 4.52 Å². The van der Waals surface area contributed by atoms with Crippen molar-refractivity contribution in [3.63, 3.8) is 0 Å². The quantitative estimate of drug-likeness (QED) is 0.439. The van der Waals surface area contributed by atoms with Gasteiger partial charge in [-0.3, -0.25) is 4.40 Å². The Labute approximate surface area is 158 Å². The normalized spacial score (nSPS) is 11.4. The van der Waals surface area contributed by atoms with Gasteiger partial charge in [-0.05, 0) is 42.0 Å². The van der Waals surface area contributed by atoms with Crippen LogP contribution in [0.15, 0.2) is 66.7 Å². The number of H-pyrrole nitrogens is 1. The number of hydrogen-bond donors (Lipinski definition) is 1. The standard InChI is InChI=1S/C19H12ClN5S/c20-14-8-6-13(7-9-14)17-11-15-10-16(12-4-2-1-3-5-12)23-25(15)18-21-22-19(26)24(17)18/h1-11H,(H,22,26). The fourth-order valence-corrected chi connectivity index (χ4v) is 3.45. The van der Waals surface area contributed by atoms with Crippen LogP contribution in [0.25, 0.3) is 33.8 Å². The number of aromatic amines is 1. The topological polar surface area (TPSA) is 50.4 Å². The van der Waals surface area contributed by atoms with Crippen LogP contribution in [0.4, 0.5) is 0 Å². The molecule has 0 spiro atoms. The molecule has 0 aliphatic heterocycles. The first kappa shape index (κ1) is 15.3. The molecule has 0 fully saturated rings. The molecule has 0 saturated carbocycles. The highest BCUT2D eigenvalue weighted by Crippen LogP contribution is 2.27. The molecule has 0 amide bonds. The molecule has 0 aliphatic carbocycles. The number of halogens is 1. The zero-order valence-corrected chi connectivity index (χ0v) is 15.0. The monoisotopic (exact) mass is 377 g/mol. The van der Waals surface area contributed by atoms with E-state index in [0.29, 0.717) is 15.6 Å². The van der Waals surface area contributed by atoms with Gasteiger partial charge in [0.1, 0.15) is 0 Å². The van der Waals surface area contributed by atoms with E-state index >= 15 is 0 Å². The van der Waals surface area contributed by atoms with Crippen LogP contribution in [0, 0.1) is 4.77 Å². The molecule has 5 rings (SSSR count). The minimum absolute atomic E-state index is 0.517. The van der Waals surface area contributed by atoms with E-state index in [0.717, 1.165) is 28.0 Å². The molecule has 0 aliphatic rings. The van der Waals surface area contributed by atoms with Crippen LogP contribution >= 0.6 is 23.8 Å². The summed E-state index contributed by atoms with van der Waals surface area (Å²) < 4.78 is 4.20. The Morgan fingerprint density at radius 1 is 0.923 bits per heavy atom. The van der Waals surface area contributed by atoms with Crippen molar-refractivity contribution in [1.82, 2.24) is 24.2 Å². The van der Waals surface area contributed by atoms with Crippen molar-refractivity contribution in [2.24, 2.45) is 0 Å². The summed E-state index contributed by atoms with van der Waals surface area (Å²) in [4.78, 5) is 0. The SMILES string of the molecule is S=c1[nH]nc2n1c(-c1ccc(Cl)cc1)cc1cc(-c3ccccc3)nn12. The average molecular weight is 378 g/mol. The second-order valence-corrected chi connectivity index (χ2v) is 6.76. The van der Waals surface area contributed by atoms with Gasteiger partial charge in [0.05, 0.1) is 16.9 Å². The molecule has 3 aromatic heterocycles. The van der Waals surface area contributed by atoms with Crippen molar-refractivity contribution in [1.29, 1.82) is 0 Å². The molecule has 0 saturated heterocycles. The summed E-state index contributed by atoms with van der Waals surface area (Å²) in [5.41, 5.74) is 4.81. The number of rotatable bonds is 2. The molecule has 0 atom stereocenters. The van der Waals surface area contributed by atoms with Gasteiger partial charge in [0.2, 0.25) is 4.77 Å². The lowest BCUT2D eigenvalue weighted by molar-refractivity contribution is 0.934. The molecule has 3 heterocycles. The van der Waals surface area contributed by atoms with Crippen LogP contribution in [-0.4, -0.2) is 24.2 Å². The maximum atomic E-state index is 6.03. The second-order valence-electron chi connectivity index (χ2n) is 5.93. The van der Waals surface area contributed by atoms with Crippen LogP contribution in [-0.2, 0) is 0 Å². The van der Waals surface area contributed by atoms with Gasteiger partial charge in [-0.25, -0.2) is 5.10 Å². The smallest absolute Gasteiger partial charge is 0.252 e. The van der Waals surface area contributed by atoms with Gasteiger partial charge in [0, 0.05) is 10.6 Å². The van der Waals surface area contributed by atoms with Crippen molar-refractivity contribution in [3.05, 3.63) is 76.5 Å². The summed E-state index contributed by atoms with van der Waals surface area (Å²) in [6.45, 7) is 0. The van der Waals surface area contributed by atoms with E-state index < -0.39 is 0 Å². The Bertz CT molecular complexity index is 1300. The second kappa shape index (κ2) is 5.79. The first-order valence-corrected chi connectivity index (χ1v) is 8.80. The number of nitrogens with zero attached hydrogens (tertiary/aromatic N) is 4. The molecular weight excluding hydrogens is 366 g/mol. The highest BCUT2D eigenvalue weighted by molar-refractivity contribution is 7.71. The lowest BCUT2D eigenvalue weighted by atomic mass is 10.1. The molecular formula is C19H12ClN5S. The molecule has 26 heavy (non-hydrogen) atoms. The Morgan fingerprint density at radius 3 is 2.46 bits per heavy atom. The van der Waals surface area contributed by atoms with Crippen molar-refractivity contribution >= 4 is 35.1 Å². The van der Waals surface area contributed by atoms with E-state index in [2.05, 4.69) is 16.3 Å². The third kappa shape index (κ3) is 2.34. The van der Waals surface area contributed by atoms with E-state index in [1.807, 2.05) is 65.1 Å². The summed E-state index contributed by atoms with van der Waals surface area (Å²) in [6.07, 6.45) is 0. The lowest BCUT2D eigenvalue weighted by Gasteiger charge is -2.07. The zero-order chi connectivity index (χ0) is 17.7. The van der Waals surface area contributed by atoms with Gasteiger partial charge in [-0.1, -0.05) is 54.1 Å². The first-order valence-electron chi connectivity index (χ1n) is 8.02. The summed E-state index contributed by atoms with van der Waals surface area (Å²) in [5, 5.41) is 12.7. The lowest BCUT2D eigenvalue weighted by Crippen LogP contribution is -2.00. The van der Waals surface area contributed by atoms with E-state index in [1.165, 1.54) is 0 Å². The molecule has 5 aromatic rings. The largest absolute Gasteiger partial charge is 0.255 e. The first-order chi connectivity index (χ1) is 12.7. The maximum Gasteiger partial charge on any atom is 0.255 e. The van der Waals surface area contributed by atoms with Crippen molar-refractivity contribution < 1.29 is 0 Å².